The fourth-order valence-corrected chi connectivity index (χ4v) is 2.65. The number of hydrogen-bond donors (Lipinski definition) is 2. The normalized spacial score (nSPS) is 13.1. The fourth-order valence-electron chi connectivity index (χ4n) is 2.02. The molecule has 0 saturated carbocycles. The summed E-state index contributed by atoms with van der Waals surface area (Å²) in [6.07, 6.45) is 1.09. The second kappa shape index (κ2) is 5.88. The molecule has 1 unspecified atom stereocenters. The lowest BCUT2D eigenvalue weighted by molar-refractivity contribution is 0.483. The molecule has 21 heavy (non-hydrogen) atoms. The molecule has 2 aromatic carbocycles. The number of rotatable bonds is 4. The second-order valence-corrected chi connectivity index (χ2v) is 6.60. The lowest BCUT2D eigenvalue weighted by atomic mass is 9.99. The van der Waals surface area contributed by atoms with Gasteiger partial charge in [0.05, 0.1) is 10.9 Å². The van der Waals surface area contributed by atoms with Crippen LogP contribution >= 0.6 is 0 Å². The predicted molar refractivity (Wildman–Crippen MR) is 75.1 cm³/mol. The van der Waals surface area contributed by atoms with Crippen LogP contribution in [0.1, 0.15) is 17.2 Å². The van der Waals surface area contributed by atoms with Crippen molar-refractivity contribution in [1.82, 2.24) is 5.43 Å². The largest absolute Gasteiger partial charge is 0.271 e. The van der Waals surface area contributed by atoms with Gasteiger partial charge in [-0.1, -0.05) is 24.3 Å². The molecule has 3 N–H and O–H groups in total. The van der Waals surface area contributed by atoms with E-state index in [1.54, 1.807) is 0 Å². The van der Waals surface area contributed by atoms with Crippen LogP contribution in [-0.2, 0) is 9.84 Å². The second-order valence-electron chi connectivity index (χ2n) is 4.58. The number of hydrogen-bond acceptors (Lipinski definition) is 4. The van der Waals surface area contributed by atoms with E-state index < -0.39 is 27.5 Å². The van der Waals surface area contributed by atoms with Crippen LogP contribution in [-0.4, -0.2) is 14.7 Å². The summed E-state index contributed by atoms with van der Waals surface area (Å²) in [6.45, 7) is 0. The van der Waals surface area contributed by atoms with E-state index in [2.05, 4.69) is 5.43 Å². The van der Waals surface area contributed by atoms with Crippen molar-refractivity contribution in [2.45, 2.75) is 10.9 Å². The Balaban J connectivity index is 2.45. The molecular weight excluding hydrogens is 298 g/mol. The summed E-state index contributed by atoms with van der Waals surface area (Å²) in [7, 11) is -3.32. The van der Waals surface area contributed by atoms with E-state index in [9.17, 15) is 17.2 Å². The number of benzene rings is 2. The van der Waals surface area contributed by atoms with Gasteiger partial charge in [-0.25, -0.2) is 22.6 Å². The summed E-state index contributed by atoms with van der Waals surface area (Å²) in [4.78, 5) is 0.140. The van der Waals surface area contributed by atoms with Gasteiger partial charge < -0.3 is 0 Å². The van der Waals surface area contributed by atoms with Crippen molar-refractivity contribution in [2.24, 2.45) is 5.84 Å². The minimum Gasteiger partial charge on any atom is -0.271 e. The van der Waals surface area contributed by atoms with Gasteiger partial charge in [0, 0.05) is 11.8 Å². The highest BCUT2D eigenvalue weighted by Gasteiger charge is 2.19. The number of sulfone groups is 1. The molecule has 0 saturated heterocycles. The quantitative estimate of drug-likeness (QED) is 0.668. The molecule has 4 nitrogen and oxygen atoms in total. The molecule has 7 heteroatoms. The van der Waals surface area contributed by atoms with Gasteiger partial charge in [-0.3, -0.25) is 5.84 Å². The third kappa shape index (κ3) is 3.26. The maximum atomic E-state index is 13.8. The minimum absolute atomic E-state index is 0.0459. The molecule has 0 radical (unpaired) electrons. The Morgan fingerprint density at radius 3 is 2.24 bits per heavy atom. The van der Waals surface area contributed by atoms with E-state index in [4.69, 9.17) is 5.84 Å². The minimum atomic E-state index is -3.32. The van der Waals surface area contributed by atoms with Gasteiger partial charge in [0.15, 0.2) is 21.5 Å². The lowest BCUT2D eigenvalue weighted by Gasteiger charge is -2.18. The zero-order valence-electron chi connectivity index (χ0n) is 11.2. The van der Waals surface area contributed by atoms with Crippen molar-refractivity contribution in [3.05, 3.63) is 65.2 Å². The highest BCUT2D eigenvalue weighted by Crippen LogP contribution is 2.26. The molecule has 0 fully saturated rings. The molecule has 1 atom stereocenters. The van der Waals surface area contributed by atoms with E-state index in [0.29, 0.717) is 5.56 Å². The van der Waals surface area contributed by atoms with Crippen LogP contribution in [0.4, 0.5) is 8.78 Å². The molecule has 2 aromatic rings. The molecule has 0 aliphatic rings. The predicted octanol–water partition coefficient (Wildman–Crippen LogP) is 1.92. The van der Waals surface area contributed by atoms with Crippen LogP contribution in [0.2, 0.25) is 0 Å². The maximum Gasteiger partial charge on any atom is 0.175 e. The van der Waals surface area contributed by atoms with Gasteiger partial charge in [0.2, 0.25) is 0 Å². The summed E-state index contributed by atoms with van der Waals surface area (Å²) in [5.41, 5.74) is 2.97. The molecule has 112 valence electrons. The molecule has 0 heterocycles. The summed E-state index contributed by atoms with van der Waals surface area (Å²) in [6, 6.07) is 8.82. The van der Waals surface area contributed by atoms with Crippen LogP contribution in [0.3, 0.4) is 0 Å². The Morgan fingerprint density at radius 2 is 1.71 bits per heavy atom. The van der Waals surface area contributed by atoms with Gasteiger partial charge in [0.25, 0.3) is 0 Å². The first-order valence-corrected chi connectivity index (χ1v) is 7.94. The molecule has 0 spiro atoms. The molecule has 0 aliphatic heterocycles. The van der Waals surface area contributed by atoms with E-state index in [-0.39, 0.29) is 10.5 Å². The first kappa shape index (κ1) is 15.6. The Labute approximate surface area is 121 Å². The molecule has 0 amide bonds. The van der Waals surface area contributed by atoms with Crippen molar-refractivity contribution in [3.63, 3.8) is 0 Å². The van der Waals surface area contributed by atoms with Crippen molar-refractivity contribution < 1.29 is 17.2 Å². The Bertz CT molecular complexity index is 746. The molecule has 0 aromatic heterocycles. The van der Waals surface area contributed by atoms with Gasteiger partial charge in [-0.05, 0) is 23.8 Å². The Hall–Kier alpha value is -1.83. The van der Waals surface area contributed by atoms with Crippen molar-refractivity contribution in [1.29, 1.82) is 0 Å². The molecule has 0 bridgehead atoms. The number of hydrazine groups is 1. The summed E-state index contributed by atoms with van der Waals surface area (Å²) < 4.78 is 49.9. The number of nitrogens with two attached hydrogens (primary N) is 1. The van der Waals surface area contributed by atoms with Gasteiger partial charge in [-0.15, -0.1) is 0 Å². The Morgan fingerprint density at radius 1 is 1.10 bits per heavy atom. The van der Waals surface area contributed by atoms with Crippen LogP contribution in [0.25, 0.3) is 0 Å². The van der Waals surface area contributed by atoms with Crippen molar-refractivity contribution >= 4 is 9.84 Å². The van der Waals surface area contributed by atoms with Crippen LogP contribution in [0, 0.1) is 11.6 Å². The maximum absolute atomic E-state index is 13.8. The smallest absolute Gasteiger partial charge is 0.175 e. The van der Waals surface area contributed by atoms with E-state index in [1.807, 2.05) is 0 Å². The highest BCUT2D eigenvalue weighted by molar-refractivity contribution is 7.90. The van der Waals surface area contributed by atoms with E-state index >= 15 is 0 Å². The molecule has 0 aliphatic carbocycles. The molecule has 2 rings (SSSR count). The van der Waals surface area contributed by atoms with Gasteiger partial charge >= 0.3 is 0 Å². The SMILES string of the molecule is CS(=O)(=O)c1ccc(C(NN)c2cccc(F)c2F)cc1. The van der Waals surface area contributed by atoms with Crippen LogP contribution in [0.5, 0.6) is 0 Å². The van der Waals surface area contributed by atoms with E-state index in [1.165, 1.54) is 36.4 Å². The lowest BCUT2D eigenvalue weighted by Crippen LogP contribution is -2.29. The van der Waals surface area contributed by atoms with Gasteiger partial charge in [0.1, 0.15) is 0 Å². The number of nitrogens with one attached hydrogen (secondary N) is 1. The molecular formula is C14H14F2N2O2S. The first-order chi connectivity index (χ1) is 9.84. The topological polar surface area (TPSA) is 72.2 Å². The summed E-state index contributed by atoms with van der Waals surface area (Å²) in [5.74, 6) is 3.46. The van der Waals surface area contributed by atoms with Gasteiger partial charge in [-0.2, -0.15) is 0 Å². The first-order valence-electron chi connectivity index (χ1n) is 6.04. The van der Waals surface area contributed by atoms with Crippen LogP contribution in [0.15, 0.2) is 47.4 Å². The summed E-state index contributed by atoms with van der Waals surface area (Å²) >= 11 is 0. The monoisotopic (exact) mass is 312 g/mol. The summed E-state index contributed by atoms with van der Waals surface area (Å²) in [5, 5.41) is 0. The van der Waals surface area contributed by atoms with Crippen LogP contribution < -0.4 is 11.3 Å². The fraction of sp³-hybridized carbons (Fsp3) is 0.143. The van der Waals surface area contributed by atoms with Crippen molar-refractivity contribution in [2.75, 3.05) is 6.26 Å². The zero-order valence-corrected chi connectivity index (χ0v) is 12.0. The number of halogens is 2. The third-order valence-electron chi connectivity index (χ3n) is 3.10. The average Bonchev–Trinajstić information content (AvgIpc) is 2.44. The Kier molecular flexibility index (Phi) is 4.36. The highest BCUT2D eigenvalue weighted by atomic mass is 32.2. The average molecular weight is 312 g/mol. The standard InChI is InChI=1S/C14H14F2N2O2S/c1-21(19,20)10-7-5-9(6-8-10)14(18-17)11-3-2-4-12(15)13(11)16/h2-8,14,18H,17H2,1H3. The van der Waals surface area contributed by atoms with E-state index in [0.717, 1.165) is 12.3 Å². The zero-order chi connectivity index (χ0) is 15.6. The van der Waals surface area contributed by atoms with Crippen molar-refractivity contribution in [3.8, 4) is 0 Å². The third-order valence-corrected chi connectivity index (χ3v) is 4.23.